The lowest BCUT2D eigenvalue weighted by molar-refractivity contribution is -0.187. The van der Waals surface area contributed by atoms with Gasteiger partial charge in [0, 0.05) is 27.7 Å². The normalized spacial score (nSPS) is 14.4. The van der Waals surface area contributed by atoms with Crippen LogP contribution < -0.4 is 0 Å². The Kier molecular flexibility index (Phi) is 9.73. The maximum Gasteiger partial charge on any atom is 0.303 e. The monoisotopic (exact) mass is 368 g/mol. The zero-order valence-electron chi connectivity index (χ0n) is 13.2. The minimum Gasteiger partial charge on any atom is -0.462 e. The third-order valence-electron chi connectivity index (χ3n) is 2.36. The van der Waals surface area contributed by atoms with Crippen LogP contribution in [0.1, 0.15) is 27.7 Å². The van der Waals surface area contributed by atoms with E-state index < -0.39 is 46.8 Å². The first-order valence-electron chi connectivity index (χ1n) is 6.55. The van der Waals surface area contributed by atoms with Crippen LogP contribution in [0.2, 0.25) is 0 Å². The fourth-order valence-corrected chi connectivity index (χ4v) is 2.10. The summed E-state index contributed by atoms with van der Waals surface area (Å²) in [5.74, 6) is -2.71. The molecule has 0 bridgehead atoms. The van der Waals surface area contributed by atoms with Gasteiger partial charge in [0.05, 0.1) is 4.58 Å². The van der Waals surface area contributed by atoms with Crippen molar-refractivity contribution in [3.8, 4) is 0 Å². The molecule has 0 radical (unpaired) electrons. The summed E-state index contributed by atoms with van der Waals surface area (Å²) in [6.07, 6.45) is -3.57. The number of carbonyl (C=O) groups is 4. The molecule has 3 atom stereocenters. The fourth-order valence-electron chi connectivity index (χ4n) is 1.64. The highest BCUT2D eigenvalue weighted by Gasteiger charge is 2.40. The highest BCUT2D eigenvalue weighted by Crippen LogP contribution is 2.22. The number of carbonyl (C=O) groups excluding carboxylic acids is 4. The summed E-state index contributed by atoms with van der Waals surface area (Å²) in [7, 11) is 0. The number of ether oxygens (including phenoxy) is 4. The van der Waals surface area contributed by atoms with Crippen molar-refractivity contribution in [2.75, 3.05) is 6.61 Å². The van der Waals surface area contributed by atoms with E-state index in [1.807, 2.05) is 0 Å². The van der Waals surface area contributed by atoms with Crippen molar-refractivity contribution in [1.82, 2.24) is 0 Å². The molecule has 0 aromatic carbocycles. The fraction of sp³-hybridized carbons (Fsp3) is 0.692. The molecule has 0 saturated carbocycles. The van der Waals surface area contributed by atoms with E-state index in [2.05, 4.69) is 25.3 Å². The summed E-state index contributed by atoms with van der Waals surface area (Å²) in [6, 6.07) is 0. The highest BCUT2D eigenvalue weighted by molar-refractivity contribution is 7.99. The van der Waals surface area contributed by atoms with E-state index in [0.29, 0.717) is 0 Å². The van der Waals surface area contributed by atoms with Gasteiger partial charge in [-0.05, 0) is 0 Å². The molecule has 8 nitrogen and oxygen atoms in total. The van der Waals surface area contributed by atoms with Crippen LogP contribution in [-0.4, -0.2) is 53.4 Å². The smallest absolute Gasteiger partial charge is 0.303 e. The van der Waals surface area contributed by atoms with Crippen LogP contribution >= 0.6 is 25.3 Å². The van der Waals surface area contributed by atoms with E-state index in [4.69, 9.17) is 18.9 Å². The molecule has 0 saturated heterocycles. The van der Waals surface area contributed by atoms with Crippen molar-refractivity contribution >= 4 is 49.1 Å². The Labute approximate surface area is 145 Å². The number of hydrogen-bond donors (Lipinski definition) is 2. The van der Waals surface area contributed by atoms with Gasteiger partial charge in [-0.15, -0.1) is 0 Å². The third kappa shape index (κ3) is 9.34. The van der Waals surface area contributed by atoms with Crippen LogP contribution in [0.4, 0.5) is 0 Å². The zero-order valence-corrected chi connectivity index (χ0v) is 15.0. The summed E-state index contributed by atoms with van der Waals surface area (Å²) in [6.45, 7) is 4.18. The molecule has 0 aliphatic heterocycles. The summed E-state index contributed by atoms with van der Waals surface area (Å²) in [4.78, 5) is 44.8. The minimum atomic E-state index is -1.25. The van der Waals surface area contributed by atoms with E-state index in [9.17, 15) is 19.2 Å². The van der Waals surface area contributed by atoms with Gasteiger partial charge in [0.15, 0.2) is 18.3 Å². The van der Waals surface area contributed by atoms with Gasteiger partial charge in [0.2, 0.25) is 0 Å². The second-order valence-electron chi connectivity index (χ2n) is 4.51. The lowest BCUT2D eigenvalue weighted by atomic mass is 10.1. The van der Waals surface area contributed by atoms with Crippen LogP contribution in [0, 0.1) is 0 Å². The molecule has 10 heteroatoms. The number of thiol groups is 2. The lowest BCUT2D eigenvalue weighted by Gasteiger charge is -2.32. The Bertz CT molecular complexity index is 451. The second-order valence-corrected chi connectivity index (χ2v) is 6.03. The van der Waals surface area contributed by atoms with Crippen molar-refractivity contribution in [1.29, 1.82) is 0 Å². The largest absolute Gasteiger partial charge is 0.462 e. The Morgan fingerprint density at radius 2 is 1.17 bits per heavy atom. The van der Waals surface area contributed by atoms with Crippen LogP contribution in [0.15, 0.2) is 0 Å². The summed E-state index contributed by atoms with van der Waals surface area (Å²) in [5.41, 5.74) is 0. The van der Waals surface area contributed by atoms with E-state index in [-0.39, 0.29) is 6.61 Å². The molecular weight excluding hydrogens is 348 g/mol. The Morgan fingerprint density at radius 1 is 0.739 bits per heavy atom. The quantitative estimate of drug-likeness (QED) is 0.277. The molecule has 0 aliphatic carbocycles. The number of hydrogen-bond acceptors (Lipinski definition) is 10. The van der Waals surface area contributed by atoms with Crippen molar-refractivity contribution in [3.05, 3.63) is 0 Å². The first-order chi connectivity index (χ1) is 10.5. The van der Waals surface area contributed by atoms with Crippen molar-refractivity contribution in [3.63, 3.8) is 0 Å². The molecule has 0 unspecified atom stereocenters. The molecule has 0 fully saturated rings. The van der Waals surface area contributed by atoms with Crippen LogP contribution in [-0.2, 0) is 38.1 Å². The SMILES string of the molecule is CC(=O)OC[C@@H](OC(C)=O)[C@@H](OC(C)=O)[C@H](OC(C)=O)C(S)S. The van der Waals surface area contributed by atoms with Gasteiger partial charge in [-0.3, -0.25) is 19.2 Å². The van der Waals surface area contributed by atoms with Gasteiger partial charge in [-0.25, -0.2) is 0 Å². The molecule has 0 amide bonds. The maximum atomic E-state index is 11.3. The first kappa shape index (κ1) is 21.6. The summed E-state index contributed by atoms with van der Waals surface area (Å²) in [5, 5.41) is 0. The molecular formula is C13H20O8S2. The third-order valence-corrected chi connectivity index (χ3v) is 2.94. The number of rotatable bonds is 8. The Balaban J connectivity index is 5.51. The first-order valence-corrected chi connectivity index (χ1v) is 7.59. The van der Waals surface area contributed by atoms with Gasteiger partial charge in [-0.2, -0.15) is 25.3 Å². The van der Waals surface area contributed by atoms with Gasteiger partial charge in [0.1, 0.15) is 6.61 Å². The second kappa shape index (κ2) is 10.4. The van der Waals surface area contributed by atoms with Gasteiger partial charge in [0.25, 0.3) is 0 Å². The molecule has 0 aromatic rings. The summed E-state index contributed by atoms with van der Waals surface area (Å²) >= 11 is 8.14. The van der Waals surface area contributed by atoms with E-state index in [0.717, 1.165) is 27.7 Å². The topological polar surface area (TPSA) is 105 Å². The van der Waals surface area contributed by atoms with Gasteiger partial charge >= 0.3 is 23.9 Å². The molecule has 132 valence electrons. The predicted octanol–water partition coefficient (Wildman–Crippen LogP) is 0.530. The van der Waals surface area contributed by atoms with E-state index >= 15 is 0 Å². The maximum absolute atomic E-state index is 11.3. The minimum absolute atomic E-state index is 0.390. The van der Waals surface area contributed by atoms with Gasteiger partial charge in [-0.1, -0.05) is 0 Å². The lowest BCUT2D eigenvalue weighted by Crippen LogP contribution is -2.49. The average molecular weight is 368 g/mol. The highest BCUT2D eigenvalue weighted by atomic mass is 32.2. The van der Waals surface area contributed by atoms with Crippen molar-refractivity contribution in [2.45, 2.75) is 50.6 Å². The molecule has 0 N–H and O–H groups in total. The van der Waals surface area contributed by atoms with Crippen molar-refractivity contribution in [2.24, 2.45) is 0 Å². The summed E-state index contributed by atoms with van der Waals surface area (Å²) < 4.78 is 19.1. The Hall–Kier alpha value is -1.42. The molecule has 0 aliphatic rings. The number of esters is 4. The van der Waals surface area contributed by atoms with Crippen LogP contribution in [0.25, 0.3) is 0 Å². The van der Waals surface area contributed by atoms with Gasteiger partial charge < -0.3 is 18.9 Å². The van der Waals surface area contributed by atoms with Crippen LogP contribution in [0.5, 0.6) is 0 Å². The van der Waals surface area contributed by atoms with Crippen molar-refractivity contribution < 1.29 is 38.1 Å². The molecule has 0 heterocycles. The van der Waals surface area contributed by atoms with Crippen LogP contribution in [0.3, 0.4) is 0 Å². The molecule has 0 aromatic heterocycles. The molecule has 0 spiro atoms. The predicted molar refractivity (Wildman–Crippen MR) is 85.1 cm³/mol. The van der Waals surface area contributed by atoms with E-state index in [1.54, 1.807) is 0 Å². The standard InChI is InChI=1S/C13H20O8S2/c1-6(14)18-5-10(19-7(2)15)11(20-8(3)16)12(13(22)23)21-9(4)17/h10-13,22-23H,5H2,1-4H3/t10-,11-,12+/m1/s1. The molecule has 23 heavy (non-hydrogen) atoms. The molecule has 0 rings (SSSR count). The van der Waals surface area contributed by atoms with E-state index in [1.165, 1.54) is 0 Å². The average Bonchev–Trinajstić information content (AvgIpc) is 2.37. The zero-order chi connectivity index (χ0) is 18.2. The Morgan fingerprint density at radius 3 is 1.52 bits per heavy atom.